The van der Waals surface area contributed by atoms with Crippen molar-refractivity contribution in [3.8, 4) is 0 Å². The number of halogens is 2. The van der Waals surface area contributed by atoms with E-state index < -0.39 is 15.6 Å². The van der Waals surface area contributed by atoms with Gasteiger partial charge in [0.2, 0.25) is 9.84 Å². The molecule has 0 N–H and O–H groups in total. The third-order valence-corrected chi connectivity index (χ3v) is 6.23. The lowest BCUT2D eigenvalue weighted by Gasteiger charge is -2.34. The van der Waals surface area contributed by atoms with Gasteiger partial charge in [-0.2, -0.15) is 8.78 Å². The van der Waals surface area contributed by atoms with Crippen LogP contribution in [0.25, 0.3) is 6.08 Å². The number of rotatable bonds is 7. The molecule has 0 bridgehead atoms. The van der Waals surface area contributed by atoms with E-state index >= 15 is 0 Å². The molecule has 1 aliphatic rings. The molecule has 28 heavy (non-hydrogen) atoms. The number of hydrogen-bond acceptors (Lipinski definition) is 4. The Balaban J connectivity index is 1.46. The highest BCUT2D eigenvalue weighted by Gasteiger charge is 2.26. The summed E-state index contributed by atoms with van der Waals surface area (Å²) >= 11 is 0. The van der Waals surface area contributed by atoms with E-state index in [0.29, 0.717) is 6.54 Å². The predicted octanol–water partition coefficient (Wildman–Crippen LogP) is 3.51. The van der Waals surface area contributed by atoms with E-state index in [4.69, 9.17) is 0 Å². The van der Waals surface area contributed by atoms with E-state index in [2.05, 4.69) is 34.1 Å². The molecular formula is C21H24F2N2O2S. The first kappa shape index (κ1) is 20.6. The molecule has 150 valence electrons. The van der Waals surface area contributed by atoms with Crippen LogP contribution in [0.5, 0.6) is 0 Å². The fraction of sp³-hybridized carbons (Fsp3) is 0.333. The van der Waals surface area contributed by atoms with Crippen LogP contribution in [0.15, 0.2) is 65.6 Å². The van der Waals surface area contributed by atoms with Crippen LogP contribution < -0.4 is 0 Å². The van der Waals surface area contributed by atoms with Gasteiger partial charge in [0.25, 0.3) is 0 Å². The van der Waals surface area contributed by atoms with Crippen molar-refractivity contribution >= 4 is 15.9 Å². The fourth-order valence-corrected chi connectivity index (χ4v) is 3.90. The van der Waals surface area contributed by atoms with Crippen LogP contribution in [0.3, 0.4) is 0 Å². The molecule has 0 radical (unpaired) electrons. The second-order valence-corrected chi connectivity index (χ2v) is 8.76. The van der Waals surface area contributed by atoms with Crippen LogP contribution >= 0.6 is 0 Å². The normalized spacial score (nSPS) is 16.8. The minimum Gasteiger partial charge on any atom is -0.297 e. The summed E-state index contributed by atoms with van der Waals surface area (Å²) < 4.78 is 48.1. The summed E-state index contributed by atoms with van der Waals surface area (Å²) in [7, 11) is -4.52. The summed E-state index contributed by atoms with van der Waals surface area (Å²) in [6.45, 7) is 5.33. The highest BCUT2D eigenvalue weighted by molar-refractivity contribution is 7.91. The van der Waals surface area contributed by atoms with Gasteiger partial charge < -0.3 is 0 Å². The van der Waals surface area contributed by atoms with Gasteiger partial charge in [-0.1, -0.05) is 54.6 Å². The number of benzene rings is 2. The van der Waals surface area contributed by atoms with Crippen LogP contribution in [-0.4, -0.2) is 56.7 Å². The maximum atomic E-state index is 12.6. The van der Waals surface area contributed by atoms with Crippen molar-refractivity contribution in [2.45, 2.75) is 17.2 Å². The highest BCUT2D eigenvalue weighted by atomic mass is 32.2. The van der Waals surface area contributed by atoms with Crippen molar-refractivity contribution in [1.82, 2.24) is 9.80 Å². The molecule has 4 nitrogen and oxygen atoms in total. The van der Waals surface area contributed by atoms with Crippen molar-refractivity contribution in [3.63, 3.8) is 0 Å². The molecular weight excluding hydrogens is 382 g/mol. The Morgan fingerprint density at radius 1 is 0.893 bits per heavy atom. The number of sulfone groups is 1. The molecule has 0 aromatic heterocycles. The predicted molar refractivity (Wildman–Crippen MR) is 107 cm³/mol. The quantitative estimate of drug-likeness (QED) is 0.706. The molecule has 7 heteroatoms. The second kappa shape index (κ2) is 9.41. The smallest absolute Gasteiger partial charge is 0.297 e. The van der Waals surface area contributed by atoms with E-state index in [1.165, 1.54) is 17.7 Å². The Hall–Kier alpha value is -2.09. The Kier molecular flexibility index (Phi) is 6.93. The SMILES string of the molecule is O=S(=O)(c1ccc(CN2CCN(C/C=C/c3ccccc3)CC2)cc1)C(F)F. The van der Waals surface area contributed by atoms with Crippen molar-refractivity contribution in [1.29, 1.82) is 0 Å². The first-order valence-electron chi connectivity index (χ1n) is 9.22. The minimum absolute atomic E-state index is 0.332. The van der Waals surface area contributed by atoms with Crippen LogP contribution in [0.4, 0.5) is 8.78 Å². The topological polar surface area (TPSA) is 40.6 Å². The van der Waals surface area contributed by atoms with E-state index in [0.717, 1.165) is 38.3 Å². The summed E-state index contributed by atoms with van der Waals surface area (Å²) in [4.78, 5) is 4.34. The van der Waals surface area contributed by atoms with Gasteiger partial charge in [0.15, 0.2) is 0 Å². The van der Waals surface area contributed by atoms with Crippen molar-refractivity contribution in [3.05, 3.63) is 71.8 Å². The molecule has 2 aromatic carbocycles. The summed E-state index contributed by atoms with van der Waals surface area (Å²) in [6, 6.07) is 16.0. The molecule has 0 amide bonds. The van der Waals surface area contributed by atoms with Crippen LogP contribution in [0, 0.1) is 0 Å². The van der Waals surface area contributed by atoms with Crippen molar-refractivity contribution in [2.24, 2.45) is 0 Å². The number of piperazine rings is 1. The summed E-state index contributed by atoms with van der Waals surface area (Å²) in [5.74, 6) is -3.39. The second-order valence-electron chi connectivity index (χ2n) is 6.84. The molecule has 0 aliphatic carbocycles. The zero-order chi connectivity index (χ0) is 20.0. The van der Waals surface area contributed by atoms with E-state index in [9.17, 15) is 17.2 Å². The zero-order valence-corrected chi connectivity index (χ0v) is 16.4. The minimum atomic E-state index is -4.52. The maximum Gasteiger partial charge on any atom is 0.341 e. The van der Waals surface area contributed by atoms with Crippen LogP contribution in [-0.2, 0) is 16.4 Å². The third-order valence-electron chi connectivity index (χ3n) is 4.83. The Bertz CT molecular complexity index is 876. The third kappa shape index (κ3) is 5.47. The molecule has 1 saturated heterocycles. The van der Waals surface area contributed by atoms with Gasteiger partial charge in [-0.3, -0.25) is 9.80 Å². The van der Waals surface area contributed by atoms with Gasteiger partial charge in [0.1, 0.15) is 0 Å². The standard InChI is InChI=1S/C21H24F2N2O2S/c22-21(23)28(26,27)20-10-8-19(9-11-20)17-25-15-13-24(14-16-25)12-4-7-18-5-2-1-3-6-18/h1-11,21H,12-17H2/b7-4+. The molecule has 1 heterocycles. The average Bonchev–Trinajstić information content (AvgIpc) is 2.70. The highest BCUT2D eigenvalue weighted by Crippen LogP contribution is 2.19. The molecule has 0 atom stereocenters. The molecule has 3 rings (SSSR count). The first-order valence-corrected chi connectivity index (χ1v) is 10.8. The van der Waals surface area contributed by atoms with Crippen molar-refractivity contribution < 1.29 is 17.2 Å². The average molecular weight is 406 g/mol. The molecule has 1 aliphatic heterocycles. The van der Waals surface area contributed by atoms with Crippen LogP contribution in [0.2, 0.25) is 0 Å². The number of alkyl halides is 2. The lowest BCUT2D eigenvalue weighted by Crippen LogP contribution is -2.45. The Labute approximate surface area is 165 Å². The van der Waals surface area contributed by atoms with Gasteiger partial charge in [-0.25, -0.2) is 8.42 Å². The summed E-state index contributed by atoms with van der Waals surface area (Å²) in [6.07, 6.45) is 4.30. The summed E-state index contributed by atoms with van der Waals surface area (Å²) in [5, 5.41) is 0. The lowest BCUT2D eigenvalue weighted by atomic mass is 10.2. The fourth-order valence-electron chi connectivity index (χ4n) is 3.18. The lowest BCUT2D eigenvalue weighted by molar-refractivity contribution is 0.137. The van der Waals surface area contributed by atoms with E-state index in [1.54, 1.807) is 12.1 Å². The summed E-state index contributed by atoms with van der Waals surface area (Å²) in [5.41, 5.74) is 2.11. The van der Waals surface area contributed by atoms with Gasteiger partial charge in [0.05, 0.1) is 4.90 Å². The largest absolute Gasteiger partial charge is 0.341 e. The monoisotopic (exact) mass is 406 g/mol. The van der Waals surface area contributed by atoms with Crippen LogP contribution in [0.1, 0.15) is 11.1 Å². The zero-order valence-electron chi connectivity index (χ0n) is 15.5. The number of nitrogens with zero attached hydrogens (tertiary/aromatic N) is 2. The van der Waals surface area contributed by atoms with Gasteiger partial charge in [0, 0.05) is 39.3 Å². The van der Waals surface area contributed by atoms with Gasteiger partial charge in [-0.15, -0.1) is 0 Å². The van der Waals surface area contributed by atoms with E-state index in [1.807, 2.05) is 18.2 Å². The molecule has 1 fully saturated rings. The molecule has 0 saturated carbocycles. The van der Waals surface area contributed by atoms with E-state index in [-0.39, 0.29) is 4.90 Å². The molecule has 0 unspecified atom stereocenters. The van der Waals surface area contributed by atoms with Crippen molar-refractivity contribution in [2.75, 3.05) is 32.7 Å². The Morgan fingerprint density at radius 2 is 1.50 bits per heavy atom. The number of hydrogen-bond donors (Lipinski definition) is 0. The Morgan fingerprint density at radius 3 is 2.11 bits per heavy atom. The maximum absolute atomic E-state index is 12.6. The molecule has 2 aromatic rings. The van der Waals surface area contributed by atoms with Gasteiger partial charge in [-0.05, 0) is 23.3 Å². The van der Waals surface area contributed by atoms with Gasteiger partial charge >= 0.3 is 5.76 Å². The molecule has 0 spiro atoms. The first-order chi connectivity index (χ1) is 13.4.